The van der Waals surface area contributed by atoms with E-state index in [2.05, 4.69) is 9.80 Å². The number of likely N-dealkylation sites (N-methyl/N-ethyl adjacent to an activating group) is 2. The lowest BCUT2D eigenvalue weighted by Crippen LogP contribution is -2.42. The van der Waals surface area contributed by atoms with Gasteiger partial charge in [0, 0.05) is 24.9 Å². The van der Waals surface area contributed by atoms with Crippen LogP contribution < -0.4 is 4.74 Å². The second-order valence-corrected chi connectivity index (χ2v) is 18.5. The molecule has 0 saturated heterocycles. The summed E-state index contributed by atoms with van der Waals surface area (Å²) in [5, 5.41) is 31.7. The molecule has 0 aliphatic heterocycles. The average Bonchev–Trinajstić information content (AvgIpc) is 3.11. The van der Waals surface area contributed by atoms with Crippen molar-refractivity contribution in [1.82, 2.24) is 9.80 Å². The Bertz CT molecular complexity index is 1410. The maximum Gasteiger partial charge on any atom is 0.314 e. The van der Waals surface area contributed by atoms with E-state index in [0.717, 1.165) is 75.6 Å². The van der Waals surface area contributed by atoms with Crippen LogP contribution >= 0.6 is 22.6 Å². The van der Waals surface area contributed by atoms with Crippen LogP contribution in [-0.2, 0) is 19.1 Å². The van der Waals surface area contributed by atoms with E-state index in [1.54, 1.807) is 12.1 Å². The van der Waals surface area contributed by atoms with E-state index >= 15 is 0 Å². The minimum absolute atomic E-state index is 0. The highest BCUT2D eigenvalue weighted by Gasteiger charge is 2.40. The number of benzene rings is 2. The number of alkyl halides is 1. The average molecular weight is 899 g/mol. The largest absolute Gasteiger partial charge is 0.508 e. The van der Waals surface area contributed by atoms with E-state index in [4.69, 9.17) is 14.2 Å². The molecule has 2 aromatic rings. The number of carbonyl (C=O) groups is 2. The van der Waals surface area contributed by atoms with Crippen LogP contribution in [0, 0.1) is 10.8 Å². The van der Waals surface area contributed by atoms with Crippen LogP contribution in [0.2, 0.25) is 0 Å². The summed E-state index contributed by atoms with van der Waals surface area (Å²) in [7, 11) is 8.17. The summed E-state index contributed by atoms with van der Waals surface area (Å²) < 4.78 is 15.9. The van der Waals surface area contributed by atoms with E-state index in [9.17, 15) is 24.9 Å². The fourth-order valence-electron chi connectivity index (χ4n) is 7.06. The Morgan fingerprint density at radius 1 is 0.661 bits per heavy atom. The molecule has 10 nitrogen and oxygen atoms in total. The van der Waals surface area contributed by atoms with Crippen LogP contribution in [0.25, 0.3) is 0 Å². The fraction of sp³-hybridized carbons (Fsp3) is 0.689. The predicted molar refractivity (Wildman–Crippen MR) is 235 cm³/mol. The molecule has 0 heterocycles. The van der Waals surface area contributed by atoms with Gasteiger partial charge in [0.05, 0.1) is 22.0 Å². The zero-order valence-corrected chi connectivity index (χ0v) is 37.5. The standard InChI is InChI=1S/C22H35NO4.C16H25NO2.C6H11IO2.CH4/c1-21(2,3)20(24)27-16-26-18-11-9-17(10-12-18)19(15-23(4)5)22(25)13-7-6-8-14-22;1-17(2)12-15(13-6-8-14(18)9-7-13)16(19)10-4-3-5-11-16;1-6(2,3)5(8)9-4-7;/h9-12,19,25H,6-8,13-16H2,1-5H3;6-9,15,18-19H,3-5,10-12H2,1-2H3;4H2,1-3H3;1H4/t19-;15-;;/m00../s1. The SMILES string of the molecule is C.CC(C)(C)C(=O)OCI.CN(C)C[C@@H](c1ccc(O)cc1)C1(O)CCCCC1.CN(C)C[C@@H](c1ccc(OCOC(=O)C(C)(C)C)cc1)C1(O)CCCCC1. The number of aromatic hydroxyl groups is 1. The number of carbonyl (C=O) groups excluding carboxylic acids is 2. The van der Waals surface area contributed by atoms with E-state index in [0.29, 0.717) is 10.4 Å². The van der Waals surface area contributed by atoms with Crippen molar-refractivity contribution in [2.75, 3.05) is 52.7 Å². The van der Waals surface area contributed by atoms with Crippen molar-refractivity contribution in [2.24, 2.45) is 10.8 Å². The van der Waals surface area contributed by atoms with Gasteiger partial charge in [-0.25, -0.2) is 0 Å². The second-order valence-electron chi connectivity index (χ2n) is 17.9. The van der Waals surface area contributed by atoms with Crippen molar-refractivity contribution < 1.29 is 39.1 Å². The van der Waals surface area contributed by atoms with Gasteiger partial charge in [0.15, 0.2) is 0 Å². The number of hydrogen-bond acceptors (Lipinski definition) is 10. The third kappa shape index (κ3) is 17.6. The van der Waals surface area contributed by atoms with E-state index in [-0.39, 0.29) is 49.2 Å². The number of rotatable bonds is 12. The molecule has 2 atom stereocenters. The first-order valence-electron chi connectivity index (χ1n) is 19.8. The van der Waals surface area contributed by atoms with Gasteiger partial charge in [-0.15, -0.1) is 0 Å². The topological polar surface area (TPSA) is 129 Å². The molecule has 0 radical (unpaired) electrons. The highest BCUT2D eigenvalue weighted by molar-refractivity contribution is 14.1. The molecule has 320 valence electrons. The van der Waals surface area contributed by atoms with Gasteiger partial charge < -0.3 is 39.3 Å². The first kappa shape index (κ1) is 51.6. The number of aliphatic hydroxyl groups is 2. The lowest BCUT2D eigenvalue weighted by atomic mass is 9.72. The molecule has 4 rings (SSSR count). The van der Waals surface area contributed by atoms with Crippen LogP contribution in [0.5, 0.6) is 11.5 Å². The molecule has 56 heavy (non-hydrogen) atoms. The maximum atomic E-state index is 11.8. The molecule has 2 aromatic carbocycles. The zero-order chi connectivity index (χ0) is 41.5. The van der Waals surface area contributed by atoms with Gasteiger partial charge in [-0.05, 0) is 153 Å². The van der Waals surface area contributed by atoms with Gasteiger partial charge in [-0.3, -0.25) is 9.59 Å². The Labute approximate surface area is 352 Å². The number of phenolic OH excluding ortho intramolecular Hbond substituents is 1. The fourth-order valence-corrected chi connectivity index (χ4v) is 7.35. The molecule has 2 aliphatic rings. The Morgan fingerprint density at radius 3 is 1.34 bits per heavy atom. The van der Waals surface area contributed by atoms with Crippen LogP contribution in [0.3, 0.4) is 0 Å². The molecule has 2 saturated carbocycles. The summed E-state index contributed by atoms with van der Waals surface area (Å²) >= 11 is 2.00. The van der Waals surface area contributed by atoms with Crippen molar-refractivity contribution >= 4 is 34.5 Å². The van der Waals surface area contributed by atoms with Gasteiger partial charge in [0.2, 0.25) is 6.79 Å². The zero-order valence-electron chi connectivity index (χ0n) is 35.3. The summed E-state index contributed by atoms with van der Waals surface area (Å²) in [5.41, 5.74) is 0.0999. The van der Waals surface area contributed by atoms with Crippen LogP contribution in [-0.4, -0.2) is 101 Å². The van der Waals surface area contributed by atoms with Gasteiger partial charge in [0.1, 0.15) is 16.1 Å². The van der Waals surface area contributed by atoms with Gasteiger partial charge in [-0.2, -0.15) is 0 Å². The summed E-state index contributed by atoms with van der Waals surface area (Å²) in [4.78, 5) is 26.9. The Balaban J connectivity index is 0.000000469. The Kier molecular flexibility index (Phi) is 21.9. The minimum atomic E-state index is -0.646. The molecule has 0 unspecified atom stereocenters. The van der Waals surface area contributed by atoms with Crippen LogP contribution in [0.4, 0.5) is 0 Å². The third-order valence-electron chi connectivity index (χ3n) is 10.2. The molecular formula is C45H75IN2O8. The summed E-state index contributed by atoms with van der Waals surface area (Å²) in [6, 6.07) is 15.1. The Hall–Kier alpha value is -2.45. The van der Waals surface area contributed by atoms with E-state index < -0.39 is 16.6 Å². The quantitative estimate of drug-likeness (QED) is 0.0821. The highest BCUT2D eigenvalue weighted by Crippen LogP contribution is 2.42. The number of nitrogens with zero attached hydrogens (tertiary/aromatic N) is 2. The lowest BCUT2D eigenvalue weighted by molar-refractivity contribution is -0.159. The van der Waals surface area contributed by atoms with Crippen LogP contribution in [0.1, 0.15) is 136 Å². The number of hydrogen-bond donors (Lipinski definition) is 3. The van der Waals surface area contributed by atoms with Crippen molar-refractivity contribution in [3.63, 3.8) is 0 Å². The molecule has 0 amide bonds. The van der Waals surface area contributed by atoms with Crippen molar-refractivity contribution in [3.8, 4) is 11.5 Å². The summed E-state index contributed by atoms with van der Waals surface area (Å²) in [6.07, 6.45) is 10.3. The molecule has 11 heteroatoms. The first-order valence-corrected chi connectivity index (χ1v) is 21.3. The van der Waals surface area contributed by atoms with Crippen molar-refractivity contribution in [2.45, 2.75) is 136 Å². The van der Waals surface area contributed by atoms with E-state index in [1.165, 1.54) is 12.8 Å². The second kappa shape index (κ2) is 23.8. The van der Waals surface area contributed by atoms with Gasteiger partial charge in [-0.1, -0.05) is 70.2 Å². The molecule has 2 fully saturated rings. The maximum absolute atomic E-state index is 11.8. The van der Waals surface area contributed by atoms with Crippen molar-refractivity contribution in [3.05, 3.63) is 59.7 Å². The summed E-state index contributed by atoms with van der Waals surface area (Å²) in [5.74, 6) is 0.688. The lowest BCUT2D eigenvalue weighted by Gasteiger charge is -2.40. The molecule has 2 aliphatic carbocycles. The number of halogens is 1. The molecular weight excluding hydrogens is 823 g/mol. The number of ether oxygens (including phenoxy) is 3. The minimum Gasteiger partial charge on any atom is -0.508 e. The first-order chi connectivity index (χ1) is 25.6. The molecule has 0 aromatic heterocycles. The summed E-state index contributed by atoms with van der Waals surface area (Å²) in [6.45, 7) is 12.5. The van der Waals surface area contributed by atoms with Crippen LogP contribution in [0.15, 0.2) is 48.5 Å². The molecule has 0 spiro atoms. The smallest absolute Gasteiger partial charge is 0.314 e. The Morgan fingerprint density at radius 2 is 1.02 bits per heavy atom. The monoisotopic (exact) mass is 898 g/mol. The van der Waals surface area contributed by atoms with Gasteiger partial charge in [0.25, 0.3) is 0 Å². The predicted octanol–water partition coefficient (Wildman–Crippen LogP) is 9.29. The van der Waals surface area contributed by atoms with Gasteiger partial charge >= 0.3 is 11.9 Å². The molecule has 0 bridgehead atoms. The number of phenols is 1. The normalized spacial score (nSPS) is 17.5. The van der Waals surface area contributed by atoms with E-state index in [1.807, 2.05) is 129 Å². The third-order valence-corrected chi connectivity index (χ3v) is 10.5. The number of esters is 2. The highest BCUT2D eigenvalue weighted by atomic mass is 127. The van der Waals surface area contributed by atoms with Crippen molar-refractivity contribution in [1.29, 1.82) is 0 Å². The molecule has 3 N–H and O–H groups in total.